The molecule has 4 heteroatoms. The Morgan fingerprint density at radius 1 is 1.05 bits per heavy atom. The molecule has 2 N–H and O–H groups in total. The van der Waals surface area contributed by atoms with E-state index in [9.17, 15) is 4.79 Å². The maximum absolute atomic E-state index is 12.3. The molecule has 0 aromatic heterocycles. The molecule has 2 aromatic carbocycles. The highest BCUT2D eigenvalue weighted by molar-refractivity contribution is 7.99. The molecule has 1 saturated heterocycles. The summed E-state index contributed by atoms with van der Waals surface area (Å²) < 4.78 is 0. The quantitative estimate of drug-likeness (QED) is 0.881. The first-order valence-electron chi connectivity index (χ1n) is 6.47. The number of thioether (sulfide) groups is 1. The second-order valence-corrected chi connectivity index (χ2v) is 5.78. The number of rotatable bonds is 3. The molecule has 0 aliphatic carbocycles. The smallest absolute Gasteiger partial charge is 0.249 e. The van der Waals surface area contributed by atoms with Gasteiger partial charge in [0.1, 0.15) is 10.9 Å². The van der Waals surface area contributed by atoms with Crippen molar-refractivity contribution in [1.29, 1.82) is 0 Å². The summed E-state index contributed by atoms with van der Waals surface area (Å²) in [7, 11) is 0. The van der Waals surface area contributed by atoms with E-state index in [2.05, 4.69) is 0 Å². The minimum atomic E-state index is -0.514. The van der Waals surface area contributed by atoms with Gasteiger partial charge >= 0.3 is 0 Å². The van der Waals surface area contributed by atoms with Gasteiger partial charge in [0.25, 0.3) is 0 Å². The standard InChI is InChI=1S/C16H16N2OS/c1-20-16(12-8-4-2-5-9-12)14(17)15(19)18(16)13-10-6-3-7-11-13/h2-11,14H,17H2,1H3/t14-,16-/m0/s1. The summed E-state index contributed by atoms with van der Waals surface area (Å²) in [5, 5.41) is 0. The van der Waals surface area contributed by atoms with Crippen LogP contribution < -0.4 is 10.6 Å². The fraction of sp³-hybridized carbons (Fsp3) is 0.188. The fourth-order valence-electron chi connectivity index (χ4n) is 2.76. The van der Waals surface area contributed by atoms with E-state index >= 15 is 0 Å². The number of benzene rings is 2. The van der Waals surface area contributed by atoms with Crippen LogP contribution >= 0.6 is 11.8 Å². The van der Waals surface area contributed by atoms with Gasteiger partial charge in [-0.3, -0.25) is 9.69 Å². The highest BCUT2D eigenvalue weighted by Crippen LogP contribution is 2.50. The van der Waals surface area contributed by atoms with Crippen molar-refractivity contribution in [1.82, 2.24) is 0 Å². The minimum absolute atomic E-state index is 0.0330. The first-order chi connectivity index (χ1) is 9.71. The molecule has 2 atom stereocenters. The Morgan fingerprint density at radius 2 is 1.60 bits per heavy atom. The molecular formula is C16H16N2OS. The Bertz CT molecular complexity index is 617. The van der Waals surface area contributed by atoms with Gasteiger partial charge in [-0.15, -0.1) is 11.8 Å². The van der Waals surface area contributed by atoms with E-state index in [1.165, 1.54) is 0 Å². The molecule has 102 valence electrons. The number of para-hydroxylation sites is 1. The van der Waals surface area contributed by atoms with Gasteiger partial charge in [0.15, 0.2) is 0 Å². The summed E-state index contributed by atoms with van der Waals surface area (Å²) in [6.07, 6.45) is 2.00. The van der Waals surface area contributed by atoms with Crippen LogP contribution in [0.15, 0.2) is 60.7 Å². The summed E-state index contributed by atoms with van der Waals surface area (Å²) >= 11 is 1.61. The fourth-order valence-corrected chi connectivity index (χ4v) is 3.87. The largest absolute Gasteiger partial charge is 0.317 e. The SMILES string of the molecule is CS[C@@]1(c2ccccc2)[C@@H](N)C(=O)N1c1ccccc1. The third kappa shape index (κ3) is 1.69. The monoisotopic (exact) mass is 284 g/mol. The van der Waals surface area contributed by atoms with Crippen molar-refractivity contribution in [2.75, 3.05) is 11.2 Å². The van der Waals surface area contributed by atoms with E-state index in [-0.39, 0.29) is 5.91 Å². The molecular weight excluding hydrogens is 268 g/mol. The lowest BCUT2D eigenvalue weighted by Crippen LogP contribution is -2.74. The second-order valence-electron chi connectivity index (χ2n) is 4.75. The molecule has 20 heavy (non-hydrogen) atoms. The molecule has 0 saturated carbocycles. The summed E-state index contributed by atoms with van der Waals surface area (Å²) in [5.41, 5.74) is 8.10. The molecule has 1 aliphatic rings. The van der Waals surface area contributed by atoms with Gasteiger partial charge in [-0.1, -0.05) is 48.5 Å². The predicted octanol–water partition coefficient (Wildman–Crippen LogP) is 2.58. The van der Waals surface area contributed by atoms with Crippen molar-refractivity contribution in [2.24, 2.45) is 5.73 Å². The third-order valence-electron chi connectivity index (χ3n) is 3.75. The number of β-lactam (4-membered cyclic amide) rings is 1. The first kappa shape index (κ1) is 13.2. The zero-order chi connectivity index (χ0) is 14.2. The zero-order valence-corrected chi connectivity index (χ0v) is 12.0. The molecule has 0 bridgehead atoms. The molecule has 0 spiro atoms. The van der Waals surface area contributed by atoms with Gasteiger partial charge in [-0.05, 0) is 24.0 Å². The van der Waals surface area contributed by atoms with Gasteiger partial charge in [-0.2, -0.15) is 0 Å². The van der Waals surface area contributed by atoms with Crippen LogP contribution in [-0.4, -0.2) is 18.2 Å². The molecule has 0 radical (unpaired) electrons. The molecule has 2 aromatic rings. The number of carbonyl (C=O) groups excluding carboxylic acids is 1. The Labute approximate surface area is 122 Å². The van der Waals surface area contributed by atoms with Crippen molar-refractivity contribution in [3.8, 4) is 0 Å². The molecule has 1 fully saturated rings. The maximum Gasteiger partial charge on any atom is 0.249 e. The highest BCUT2D eigenvalue weighted by atomic mass is 32.2. The Balaban J connectivity index is 2.11. The third-order valence-corrected chi connectivity index (χ3v) is 5.05. The van der Waals surface area contributed by atoms with E-state index in [1.54, 1.807) is 16.7 Å². The lowest BCUT2D eigenvalue weighted by atomic mass is 9.87. The van der Waals surface area contributed by atoms with Crippen LogP contribution in [0, 0.1) is 0 Å². The van der Waals surface area contributed by atoms with Gasteiger partial charge in [0.05, 0.1) is 0 Å². The topological polar surface area (TPSA) is 46.3 Å². The normalized spacial score (nSPS) is 25.4. The number of hydrogen-bond donors (Lipinski definition) is 1. The summed E-state index contributed by atoms with van der Waals surface area (Å²) in [6.45, 7) is 0. The van der Waals surface area contributed by atoms with Crippen LogP contribution in [0.1, 0.15) is 5.56 Å². The summed E-state index contributed by atoms with van der Waals surface area (Å²) in [4.78, 5) is 13.6. The van der Waals surface area contributed by atoms with Gasteiger partial charge < -0.3 is 5.73 Å². The Kier molecular flexibility index (Phi) is 3.28. The van der Waals surface area contributed by atoms with Crippen molar-refractivity contribution in [2.45, 2.75) is 10.9 Å². The van der Waals surface area contributed by atoms with Crippen molar-refractivity contribution < 1.29 is 4.79 Å². The van der Waals surface area contributed by atoms with Gasteiger partial charge in [-0.25, -0.2) is 0 Å². The van der Waals surface area contributed by atoms with E-state index in [0.717, 1.165) is 11.3 Å². The lowest BCUT2D eigenvalue weighted by Gasteiger charge is -2.55. The number of amides is 1. The van der Waals surface area contributed by atoms with E-state index < -0.39 is 10.9 Å². The predicted molar refractivity (Wildman–Crippen MR) is 83.5 cm³/mol. The zero-order valence-electron chi connectivity index (χ0n) is 11.2. The maximum atomic E-state index is 12.3. The summed E-state index contributed by atoms with van der Waals surface area (Å²) in [6, 6.07) is 19.2. The molecule has 3 rings (SSSR count). The van der Waals surface area contributed by atoms with Crippen molar-refractivity contribution >= 4 is 23.4 Å². The van der Waals surface area contributed by atoms with E-state index in [1.807, 2.05) is 66.9 Å². The average molecular weight is 284 g/mol. The number of nitrogens with two attached hydrogens (primary N) is 1. The number of hydrogen-bond acceptors (Lipinski definition) is 3. The van der Waals surface area contributed by atoms with Gasteiger partial charge in [0.2, 0.25) is 5.91 Å². The van der Waals surface area contributed by atoms with Crippen LogP contribution in [-0.2, 0) is 9.67 Å². The molecule has 1 amide bonds. The summed E-state index contributed by atoms with van der Waals surface area (Å²) in [5.74, 6) is -0.0330. The molecule has 1 aliphatic heterocycles. The molecule has 0 unspecified atom stereocenters. The second kappa shape index (κ2) is 4.96. The number of carbonyl (C=O) groups is 1. The Morgan fingerprint density at radius 3 is 2.15 bits per heavy atom. The molecule has 1 heterocycles. The van der Waals surface area contributed by atoms with E-state index in [4.69, 9.17) is 5.73 Å². The van der Waals surface area contributed by atoms with E-state index in [0.29, 0.717) is 0 Å². The lowest BCUT2D eigenvalue weighted by molar-refractivity contribution is -0.127. The van der Waals surface area contributed by atoms with Crippen LogP contribution in [0.5, 0.6) is 0 Å². The highest BCUT2D eigenvalue weighted by Gasteiger charge is 2.59. The minimum Gasteiger partial charge on any atom is -0.317 e. The van der Waals surface area contributed by atoms with Crippen LogP contribution in [0.2, 0.25) is 0 Å². The van der Waals surface area contributed by atoms with Crippen LogP contribution in [0.4, 0.5) is 5.69 Å². The number of nitrogens with zero attached hydrogens (tertiary/aromatic N) is 1. The Hall–Kier alpha value is -1.78. The van der Waals surface area contributed by atoms with Crippen LogP contribution in [0.3, 0.4) is 0 Å². The van der Waals surface area contributed by atoms with Crippen molar-refractivity contribution in [3.63, 3.8) is 0 Å². The van der Waals surface area contributed by atoms with Crippen LogP contribution in [0.25, 0.3) is 0 Å². The van der Waals surface area contributed by atoms with Crippen molar-refractivity contribution in [3.05, 3.63) is 66.2 Å². The average Bonchev–Trinajstić information content (AvgIpc) is 2.53. The first-order valence-corrected chi connectivity index (χ1v) is 7.69. The number of anilines is 1. The van der Waals surface area contributed by atoms with Gasteiger partial charge in [0, 0.05) is 5.69 Å². The molecule has 3 nitrogen and oxygen atoms in total.